The zero-order chi connectivity index (χ0) is 8.91. The molecule has 68 valence electrons. The zero-order valence-corrected chi connectivity index (χ0v) is 9.00. The molecule has 0 saturated heterocycles. The number of nitrogens with zero attached hydrogens (tertiary/aromatic N) is 1. The lowest BCUT2D eigenvalue weighted by atomic mass is 10.7. The van der Waals surface area contributed by atoms with E-state index in [-0.39, 0.29) is 0 Å². The van der Waals surface area contributed by atoms with Gasteiger partial charge in [-0.05, 0) is 11.2 Å². The first kappa shape index (κ1) is 12.0. The molecule has 0 aromatic heterocycles. The fourth-order valence-corrected chi connectivity index (χ4v) is 2.42. The summed E-state index contributed by atoms with van der Waals surface area (Å²) in [4.78, 5) is 0. The Balaban J connectivity index is 3.99. The summed E-state index contributed by atoms with van der Waals surface area (Å²) in [5, 5.41) is 0. The van der Waals surface area contributed by atoms with Crippen LogP contribution in [0.5, 0.6) is 0 Å². The first-order chi connectivity index (χ1) is 5.02. The topological polar surface area (TPSA) is 46.3 Å². The molecule has 0 fully saturated rings. The van der Waals surface area contributed by atoms with Crippen molar-refractivity contribution in [1.29, 1.82) is 0 Å². The number of hydrogen-bond acceptors (Lipinski definition) is 1. The van der Waals surface area contributed by atoms with Gasteiger partial charge in [-0.1, -0.05) is 0 Å². The highest BCUT2D eigenvalue weighted by Crippen LogP contribution is 2.45. The minimum Gasteiger partial charge on any atom is -0.271 e. The number of halogens is 3. The normalized spacial score (nSPS) is 16.8. The van der Waals surface area contributed by atoms with Gasteiger partial charge in [0, 0.05) is 24.8 Å². The molecule has 0 saturated carbocycles. The number of nitrogens with two attached hydrogens (primary N) is 1. The molecule has 3 nitrogen and oxygen atoms in total. The highest BCUT2D eigenvalue weighted by atomic mass is 35.7. The van der Waals surface area contributed by atoms with Gasteiger partial charge in [0.15, 0.2) is 0 Å². The third kappa shape index (κ3) is 5.29. The average Bonchev–Trinajstić information content (AvgIpc) is 1.85. The summed E-state index contributed by atoms with van der Waals surface area (Å²) >= 11 is 16.2. The van der Waals surface area contributed by atoms with Crippen LogP contribution in [0.2, 0.25) is 0 Å². The van der Waals surface area contributed by atoms with Gasteiger partial charge in [0.1, 0.15) is 0 Å². The maximum atomic E-state index is 11.0. The molecule has 2 N–H and O–H groups in total. The van der Waals surface area contributed by atoms with E-state index in [1.807, 2.05) is 0 Å². The molecule has 0 bridgehead atoms. The molecule has 0 rings (SSSR count). The summed E-state index contributed by atoms with van der Waals surface area (Å²) in [6.45, 7) is -2.38. The predicted octanol–water partition coefficient (Wildman–Crippen LogP) is 2.07. The monoisotopic (exact) mass is 238 g/mol. The maximum Gasteiger partial charge on any atom is 0.299 e. The molecule has 1 unspecified atom stereocenters. The summed E-state index contributed by atoms with van der Waals surface area (Å²) in [7, 11) is 0. The lowest BCUT2D eigenvalue weighted by molar-refractivity contribution is 0.459. The molecule has 0 aromatic rings. The molecule has 7 heteroatoms. The van der Waals surface area contributed by atoms with Crippen LogP contribution in [0.1, 0.15) is 0 Å². The fraction of sp³-hybridized carbons (Fsp3) is 1.00. The second-order valence-electron chi connectivity index (χ2n) is 1.88. The Morgan fingerprint density at radius 3 is 1.82 bits per heavy atom. The molecule has 0 aliphatic carbocycles. The van der Waals surface area contributed by atoms with Crippen molar-refractivity contribution in [3.05, 3.63) is 0 Å². The van der Waals surface area contributed by atoms with E-state index in [0.717, 1.165) is 0 Å². The Kier molecular flexibility index (Phi) is 6.15. The number of rotatable bonds is 5. The Hall–Kier alpha value is 1.02. The summed E-state index contributed by atoms with van der Waals surface area (Å²) in [6, 6.07) is 0. The van der Waals surface area contributed by atoms with E-state index < -0.39 is 6.80 Å². The number of hydrogen-bond donors (Lipinski definition) is 1. The summed E-state index contributed by atoms with van der Waals surface area (Å²) in [6.07, 6.45) is 0. The minimum absolute atomic E-state index is 0.338. The fourth-order valence-electron chi connectivity index (χ4n) is 0.580. The van der Waals surface area contributed by atoms with E-state index >= 15 is 0 Å². The van der Waals surface area contributed by atoms with Gasteiger partial charge in [0.2, 0.25) is 0 Å². The molecular weight excluding hydrogens is 229 g/mol. The third-order valence-corrected chi connectivity index (χ3v) is 3.22. The highest BCUT2D eigenvalue weighted by molar-refractivity contribution is 7.85. The Morgan fingerprint density at radius 1 is 1.27 bits per heavy atom. The summed E-state index contributed by atoms with van der Waals surface area (Å²) in [5.74, 6) is 0.676. The first-order valence-corrected chi connectivity index (χ1v) is 6.68. The van der Waals surface area contributed by atoms with Crippen LogP contribution in [-0.2, 0) is 4.57 Å². The quantitative estimate of drug-likeness (QED) is 0.590. The molecular formula is C4H10Cl3N2OP. The molecule has 0 spiro atoms. The van der Waals surface area contributed by atoms with Crippen LogP contribution in [0.15, 0.2) is 0 Å². The summed E-state index contributed by atoms with van der Waals surface area (Å²) in [5.41, 5.74) is 5.18. The predicted molar refractivity (Wildman–Crippen MR) is 50.7 cm³/mol. The second kappa shape index (κ2) is 5.63. The SMILES string of the molecule is NP(=O)(Cl)N(CCCl)CCCl. The maximum absolute atomic E-state index is 11.0. The van der Waals surface area contributed by atoms with E-state index in [9.17, 15) is 4.57 Å². The van der Waals surface area contributed by atoms with Gasteiger partial charge in [-0.15, -0.1) is 23.2 Å². The van der Waals surface area contributed by atoms with Gasteiger partial charge in [0.25, 0.3) is 6.80 Å². The van der Waals surface area contributed by atoms with E-state index in [2.05, 4.69) is 0 Å². The van der Waals surface area contributed by atoms with Crippen molar-refractivity contribution >= 4 is 41.2 Å². The van der Waals surface area contributed by atoms with Crippen LogP contribution in [0.4, 0.5) is 0 Å². The average molecular weight is 239 g/mol. The minimum atomic E-state index is -3.17. The van der Waals surface area contributed by atoms with Crippen LogP contribution in [0, 0.1) is 0 Å². The van der Waals surface area contributed by atoms with E-state index in [0.29, 0.717) is 24.8 Å². The van der Waals surface area contributed by atoms with E-state index in [4.69, 9.17) is 39.9 Å². The molecule has 11 heavy (non-hydrogen) atoms. The zero-order valence-electron chi connectivity index (χ0n) is 5.84. The molecule has 0 radical (unpaired) electrons. The standard InChI is InChI=1S/C4H10Cl3N2OP/c5-1-3-9(4-2-6)11(7,8)10/h1-4H2,(H2,8,10). The van der Waals surface area contributed by atoms with Crippen molar-refractivity contribution in [3.8, 4) is 0 Å². The van der Waals surface area contributed by atoms with Crippen molar-refractivity contribution in [2.24, 2.45) is 5.50 Å². The highest BCUT2D eigenvalue weighted by Gasteiger charge is 2.21. The Morgan fingerprint density at radius 2 is 1.64 bits per heavy atom. The van der Waals surface area contributed by atoms with Crippen LogP contribution < -0.4 is 5.50 Å². The molecule has 1 atom stereocenters. The van der Waals surface area contributed by atoms with Gasteiger partial charge in [-0.25, -0.2) is 4.67 Å². The summed E-state index contributed by atoms with van der Waals surface area (Å²) < 4.78 is 12.4. The smallest absolute Gasteiger partial charge is 0.271 e. The third-order valence-electron chi connectivity index (χ3n) is 1.07. The van der Waals surface area contributed by atoms with Crippen molar-refractivity contribution in [3.63, 3.8) is 0 Å². The lowest BCUT2D eigenvalue weighted by Gasteiger charge is -2.21. The van der Waals surface area contributed by atoms with Crippen LogP contribution in [0.25, 0.3) is 0 Å². The molecule has 0 aliphatic heterocycles. The van der Waals surface area contributed by atoms with Gasteiger partial charge in [-0.3, -0.25) is 10.1 Å². The van der Waals surface area contributed by atoms with E-state index in [1.54, 1.807) is 0 Å². The number of alkyl halides is 2. The van der Waals surface area contributed by atoms with Crippen LogP contribution in [-0.4, -0.2) is 29.5 Å². The molecule has 0 amide bonds. The molecule has 0 aromatic carbocycles. The Bertz CT molecular complexity index is 144. The largest absolute Gasteiger partial charge is 0.299 e. The van der Waals surface area contributed by atoms with Crippen LogP contribution in [0.3, 0.4) is 0 Å². The van der Waals surface area contributed by atoms with Crippen molar-refractivity contribution in [1.82, 2.24) is 4.67 Å². The van der Waals surface area contributed by atoms with Crippen molar-refractivity contribution < 1.29 is 4.57 Å². The van der Waals surface area contributed by atoms with Crippen LogP contribution >= 0.6 is 41.2 Å². The molecule has 0 aliphatic rings. The van der Waals surface area contributed by atoms with Gasteiger partial charge >= 0.3 is 0 Å². The second-order valence-corrected chi connectivity index (χ2v) is 5.74. The Labute approximate surface area is 81.0 Å². The van der Waals surface area contributed by atoms with Gasteiger partial charge in [-0.2, -0.15) is 0 Å². The van der Waals surface area contributed by atoms with Gasteiger partial charge in [0.05, 0.1) is 0 Å². The van der Waals surface area contributed by atoms with Crippen molar-refractivity contribution in [2.45, 2.75) is 0 Å². The lowest BCUT2D eigenvalue weighted by Crippen LogP contribution is -2.26. The van der Waals surface area contributed by atoms with E-state index in [1.165, 1.54) is 4.67 Å². The first-order valence-electron chi connectivity index (χ1n) is 2.98. The van der Waals surface area contributed by atoms with Gasteiger partial charge < -0.3 is 0 Å². The van der Waals surface area contributed by atoms with Crippen molar-refractivity contribution in [2.75, 3.05) is 24.8 Å². The molecule has 0 heterocycles.